The quantitative estimate of drug-likeness (QED) is 0.537. The molecule has 0 aromatic heterocycles. The predicted molar refractivity (Wildman–Crippen MR) is 61.3 cm³/mol. The van der Waals surface area contributed by atoms with E-state index in [1.807, 2.05) is 13.8 Å². The average Bonchev–Trinajstić information content (AvgIpc) is 2.15. The molecule has 0 saturated carbocycles. The number of nitrogen functional groups attached to an aromatic ring is 1. The van der Waals surface area contributed by atoms with Crippen LogP contribution in [0.15, 0.2) is 12.1 Å². The number of nitrogens with two attached hydrogens (primary N) is 1. The van der Waals surface area contributed by atoms with E-state index in [4.69, 9.17) is 5.73 Å². The summed E-state index contributed by atoms with van der Waals surface area (Å²) in [6.07, 6.45) is 1.26. The van der Waals surface area contributed by atoms with Crippen LogP contribution in [0, 0.1) is 0 Å². The Morgan fingerprint density at radius 2 is 1.73 bits per heavy atom. The fourth-order valence-electron chi connectivity index (χ4n) is 1.78. The van der Waals surface area contributed by atoms with Crippen molar-refractivity contribution in [3.8, 4) is 0 Å². The highest BCUT2D eigenvalue weighted by Crippen LogP contribution is 2.36. The van der Waals surface area contributed by atoms with Crippen molar-refractivity contribution >= 4 is 18.6 Å². The Bertz CT molecular complexity index is 411. The molecular formula is C10H16NO3P. The van der Waals surface area contributed by atoms with E-state index in [1.54, 1.807) is 6.07 Å². The molecule has 0 radical (unpaired) electrons. The van der Waals surface area contributed by atoms with E-state index >= 15 is 0 Å². The molecule has 0 saturated heterocycles. The second-order valence-electron chi connectivity index (χ2n) is 3.38. The van der Waals surface area contributed by atoms with E-state index in [0.717, 1.165) is 5.56 Å². The summed E-state index contributed by atoms with van der Waals surface area (Å²) < 4.78 is 11.2. The molecule has 0 heterocycles. The first kappa shape index (κ1) is 12.2. The molecule has 4 nitrogen and oxygen atoms in total. The molecular weight excluding hydrogens is 213 g/mol. The second-order valence-corrected chi connectivity index (χ2v) is 4.95. The molecule has 0 bridgehead atoms. The predicted octanol–water partition coefficient (Wildman–Crippen LogP) is 1.20. The summed E-state index contributed by atoms with van der Waals surface area (Å²) in [7, 11) is -4.19. The Kier molecular flexibility index (Phi) is 3.55. The molecule has 1 rings (SSSR count). The minimum atomic E-state index is -4.19. The highest BCUT2D eigenvalue weighted by Gasteiger charge is 2.22. The van der Waals surface area contributed by atoms with Crippen molar-refractivity contribution in [3.05, 3.63) is 23.3 Å². The average molecular weight is 229 g/mol. The van der Waals surface area contributed by atoms with Gasteiger partial charge in [0.25, 0.3) is 0 Å². The van der Waals surface area contributed by atoms with Crippen LogP contribution in [0.3, 0.4) is 0 Å². The van der Waals surface area contributed by atoms with Gasteiger partial charge in [0.2, 0.25) is 0 Å². The zero-order chi connectivity index (χ0) is 11.6. The zero-order valence-corrected chi connectivity index (χ0v) is 9.79. The monoisotopic (exact) mass is 229 g/mol. The molecule has 5 heteroatoms. The molecule has 84 valence electrons. The number of anilines is 1. The van der Waals surface area contributed by atoms with Gasteiger partial charge in [-0.05, 0) is 36.1 Å². The van der Waals surface area contributed by atoms with Gasteiger partial charge in [0, 0.05) is 5.69 Å². The summed E-state index contributed by atoms with van der Waals surface area (Å²) in [6, 6.07) is 2.99. The van der Waals surface area contributed by atoms with Crippen LogP contribution in [-0.4, -0.2) is 9.79 Å². The normalized spacial score (nSPS) is 11.7. The topological polar surface area (TPSA) is 83.6 Å². The van der Waals surface area contributed by atoms with Crippen molar-refractivity contribution in [3.63, 3.8) is 0 Å². The van der Waals surface area contributed by atoms with Gasteiger partial charge in [-0.3, -0.25) is 4.57 Å². The minimum absolute atomic E-state index is 0.107. The van der Waals surface area contributed by atoms with E-state index in [0.29, 0.717) is 24.1 Å². The highest BCUT2D eigenvalue weighted by atomic mass is 31.2. The molecule has 0 unspecified atom stereocenters. The smallest absolute Gasteiger partial charge is 0.356 e. The van der Waals surface area contributed by atoms with Crippen molar-refractivity contribution in [1.29, 1.82) is 0 Å². The van der Waals surface area contributed by atoms with Gasteiger partial charge in [0.05, 0.1) is 5.30 Å². The zero-order valence-electron chi connectivity index (χ0n) is 8.90. The number of hydrogen-bond donors (Lipinski definition) is 3. The van der Waals surface area contributed by atoms with Crippen LogP contribution in [0.1, 0.15) is 25.0 Å². The van der Waals surface area contributed by atoms with Crippen LogP contribution in [-0.2, 0) is 17.4 Å². The second kappa shape index (κ2) is 4.35. The highest BCUT2D eigenvalue weighted by molar-refractivity contribution is 7.60. The SMILES string of the molecule is CCc1c(N)ccc(P(=O)(O)O)c1CC. The van der Waals surface area contributed by atoms with Crippen molar-refractivity contribution in [2.45, 2.75) is 26.7 Å². The van der Waals surface area contributed by atoms with Crippen LogP contribution in [0.4, 0.5) is 5.69 Å². The van der Waals surface area contributed by atoms with E-state index in [-0.39, 0.29) is 5.30 Å². The summed E-state index contributed by atoms with van der Waals surface area (Å²) in [6.45, 7) is 3.79. The first-order valence-corrected chi connectivity index (χ1v) is 6.49. The molecule has 15 heavy (non-hydrogen) atoms. The molecule has 0 aliphatic carbocycles. The Labute approximate surface area is 89.3 Å². The molecule has 1 aromatic carbocycles. The third-order valence-corrected chi connectivity index (χ3v) is 3.51. The van der Waals surface area contributed by atoms with E-state index < -0.39 is 7.60 Å². The molecule has 0 amide bonds. The molecule has 0 aliphatic rings. The Morgan fingerprint density at radius 1 is 1.20 bits per heavy atom. The molecule has 0 aliphatic heterocycles. The van der Waals surface area contributed by atoms with Gasteiger partial charge in [-0.1, -0.05) is 13.8 Å². The summed E-state index contributed by atoms with van der Waals surface area (Å²) in [4.78, 5) is 18.4. The number of benzene rings is 1. The summed E-state index contributed by atoms with van der Waals surface area (Å²) >= 11 is 0. The maximum Gasteiger partial charge on any atom is 0.356 e. The van der Waals surface area contributed by atoms with Crippen LogP contribution >= 0.6 is 7.60 Å². The fraction of sp³-hybridized carbons (Fsp3) is 0.400. The van der Waals surface area contributed by atoms with Crippen LogP contribution in [0.25, 0.3) is 0 Å². The van der Waals surface area contributed by atoms with Crippen molar-refractivity contribution in [2.75, 3.05) is 5.73 Å². The lowest BCUT2D eigenvalue weighted by atomic mass is 10.0. The van der Waals surface area contributed by atoms with E-state index in [1.165, 1.54) is 6.07 Å². The lowest BCUT2D eigenvalue weighted by Crippen LogP contribution is -2.15. The first-order chi connectivity index (χ1) is 6.91. The van der Waals surface area contributed by atoms with E-state index in [2.05, 4.69) is 0 Å². The van der Waals surface area contributed by atoms with Crippen molar-refractivity contribution in [2.24, 2.45) is 0 Å². The molecule has 0 atom stereocenters. The Hall–Kier alpha value is -0.830. The van der Waals surface area contributed by atoms with Gasteiger partial charge in [0.15, 0.2) is 0 Å². The molecule has 1 aromatic rings. The summed E-state index contributed by atoms with van der Waals surface area (Å²) in [5.41, 5.74) is 7.90. The van der Waals surface area contributed by atoms with Gasteiger partial charge >= 0.3 is 7.60 Å². The summed E-state index contributed by atoms with van der Waals surface area (Å²) in [5.74, 6) is 0. The standard InChI is InChI=1S/C10H16NO3P/c1-3-7-8(4-2)10(15(12,13)14)6-5-9(7)11/h5-6H,3-4,11H2,1-2H3,(H2,12,13,14). The Morgan fingerprint density at radius 3 is 2.13 bits per heavy atom. The van der Waals surface area contributed by atoms with Crippen molar-refractivity contribution < 1.29 is 14.4 Å². The number of rotatable bonds is 3. The Balaban J connectivity index is 3.49. The van der Waals surface area contributed by atoms with Crippen LogP contribution < -0.4 is 11.0 Å². The third-order valence-electron chi connectivity index (χ3n) is 2.46. The van der Waals surface area contributed by atoms with E-state index in [9.17, 15) is 14.4 Å². The van der Waals surface area contributed by atoms with Crippen LogP contribution in [0.5, 0.6) is 0 Å². The lowest BCUT2D eigenvalue weighted by molar-refractivity contribution is 0.387. The summed E-state index contributed by atoms with van der Waals surface area (Å²) in [5, 5.41) is 0.107. The minimum Gasteiger partial charge on any atom is -0.398 e. The first-order valence-electron chi connectivity index (χ1n) is 4.88. The maximum atomic E-state index is 11.2. The maximum absolute atomic E-state index is 11.2. The fourth-order valence-corrected chi connectivity index (χ4v) is 2.70. The largest absolute Gasteiger partial charge is 0.398 e. The van der Waals surface area contributed by atoms with Gasteiger partial charge in [-0.15, -0.1) is 0 Å². The molecule has 0 spiro atoms. The van der Waals surface area contributed by atoms with Gasteiger partial charge in [0.1, 0.15) is 0 Å². The molecule has 0 fully saturated rings. The van der Waals surface area contributed by atoms with Gasteiger partial charge in [-0.25, -0.2) is 0 Å². The van der Waals surface area contributed by atoms with Gasteiger partial charge in [-0.2, -0.15) is 0 Å². The van der Waals surface area contributed by atoms with Gasteiger partial charge < -0.3 is 15.5 Å². The molecule has 4 N–H and O–H groups in total. The lowest BCUT2D eigenvalue weighted by Gasteiger charge is -2.15. The van der Waals surface area contributed by atoms with Crippen molar-refractivity contribution in [1.82, 2.24) is 0 Å². The van der Waals surface area contributed by atoms with Crippen LogP contribution in [0.2, 0.25) is 0 Å². The third kappa shape index (κ3) is 2.40. The number of hydrogen-bond acceptors (Lipinski definition) is 2.